The molecule has 4 nitrogen and oxygen atoms in total. The van der Waals surface area contributed by atoms with Gasteiger partial charge in [-0.1, -0.05) is 19.9 Å². The molecule has 1 saturated carbocycles. The summed E-state index contributed by atoms with van der Waals surface area (Å²) in [6.45, 7) is 8.71. The average molecular weight is 319 g/mol. The fraction of sp³-hybridized carbons (Fsp3) is 0.632. The number of benzene rings is 1. The predicted molar refractivity (Wildman–Crippen MR) is 91.9 cm³/mol. The fourth-order valence-electron chi connectivity index (χ4n) is 2.52. The average Bonchev–Trinajstić information content (AvgIpc) is 3.32. The van der Waals surface area contributed by atoms with Crippen LogP contribution in [0.4, 0.5) is 0 Å². The lowest BCUT2D eigenvalue weighted by Crippen LogP contribution is -2.30. The van der Waals surface area contributed by atoms with Crippen LogP contribution in [0.2, 0.25) is 0 Å². The van der Waals surface area contributed by atoms with E-state index in [0.29, 0.717) is 19.1 Å². The zero-order valence-electron chi connectivity index (χ0n) is 14.6. The third kappa shape index (κ3) is 6.61. The largest absolute Gasteiger partial charge is 0.484 e. The van der Waals surface area contributed by atoms with E-state index in [1.807, 2.05) is 12.1 Å². The Morgan fingerprint density at radius 1 is 1.35 bits per heavy atom. The van der Waals surface area contributed by atoms with Crippen LogP contribution >= 0.6 is 0 Å². The highest BCUT2D eigenvalue weighted by Gasteiger charge is 2.20. The molecule has 0 bridgehead atoms. The summed E-state index contributed by atoms with van der Waals surface area (Å²) >= 11 is 0. The van der Waals surface area contributed by atoms with Crippen molar-refractivity contribution in [3.8, 4) is 5.75 Å². The van der Waals surface area contributed by atoms with Crippen molar-refractivity contribution in [3.63, 3.8) is 0 Å². The lowest BCUT2D eigenvalue weighted by Gasteiger charge is -2.12. The molecule has 1 N–H and O–H groups in total. The highest BCUT2D eigenvalue weighted by atomic mass is 16.5. The molecule has 1 aromatic rings. The second-order valence-corrected chi connectivity index (χ2v) is 6.68. The molecule has 1 fully saturated rings. The first-order valence-electron chi connectivity index (χ1n) is 8.64. The van der Waals surface area contributed by atoms with Crippen LogP contribution in [0, 0.1) is 12.8 Å². The molecular formula is C19H29NO3. The molecule has 0 atom stereocenters. The van der Waals surface area contributed by atoms with Crippen molar-refractivity contribution in [1.82, 2.24) is 5.32 Å². The zero-order chi connectivity index (χ0) is 16.7. The lowest BCUT2D eigenvalue weighted by atomic mass is 9.98. The summed E-state index contributed by atoms with van der Waals surface area (Å²) in [4.78, 5) is 11.8. The smallest absolute Gasteiger partial charge is 0.257 e. The van der Waals surface area contributed by atoms with Crippen LogP contribution in [0.5, 0.6) is 5.75 Å². The number of carbonyl (C=O) groups is 1. The van der Waals surface area contributed by atoms with Gasteiger partial charge in [-0.3, -0.25) is 4.79 Å². The molecule has 0 saturated heterocycles. The number of nitrogens with one attached hydrogen (secondary N) is 1. The molecule has 4 heteroatoms. The van der Waals surface area contributed by atoms with Crippen LogP contribution in [0.3, 0.4) is 0 Å². The van der Waals surface area contributed by atoms with Gasteiger partial charge < -0.3 is 14.8 Å². The Morgan fingerprint density at radius 2 is 2.13 bits per heavy atom. The molecular weight excluding hydrogens is 290 g/mol. The van der Waals surface area contributed by atoms with Crippen molar-refractivity contribution in [2.24, 2.45) is 5.92 Å². The molecule has 0 spiro atoms. The third-order valence-corrected chi connectivity index (χ3v) is 4.07. The Morgan fingerprint density at radius 3 is 2.78 bits per heavy atom. The van der Waals surface area contributed by atoms with Gasteiger partial charge in [-0.15, -0.1) is 0 Å². The van der Waals surface area contributed by atoms with E-state index in [4.69, 9.17) is 9.47 Å². The van der Waals surface area contributed by atoms with Crippen LogP contribution in [0.15, 0.2) is 18.2 Å². The fourth-order valence-corrected chi connectivity index (χ4v) is 2.52. The van der Waals surface area contributed by atoms with Gasteiger partial charge in [0, 0.05) is 19.8 Å². The summed E-state index contributed by atoms with van der Waals surface area (Å²) in [5.41, 5.74) is 2.51. The van der Waals surface area contributed by atoms with E-state index in [9.17, 15) is 4.79 Å². The minimum Gasteiger partial charge on any atom is -0.484 e. The standard InChI is InChI=1S/C19H29NO3/c1-14(2)18-8-7-17(11-15(18)3)23-13-19(21)20-9-4-10-22-12-16-5-6-16/h7-8,11,14,16H,4-6,9-10,12-13H2,1-3H3,(H,20,21). The topological polar surface area (TPSA) is 47.6 Å². The maximum atomic E-state index is 11.8. The summed E-state index contributed by atoms with van der Waals surface area (Å²) < 4.78 is 11.1. The minimum absolute atomic E-state index is 0.0589. The molecule has 2 rings (SSSR count). The molecule has 0 aliphatic heterocycles. The normalized spacial score (nSPS) is 14.1. The highest BCUT2D eigenvalue weighted by molar-refractivity contribution is 5.77. The maximum absolute atomic E-state index is 11.8. The summed E-state index contributed by atoms with van der Waals surface area (Å²) in [5.74, 6) is 1.95. The Labute approximate surface area is 139 Å². The van der Waals surface area contributed by atoms with Crippen LogP contribution in [-0.4, -0.2) is 32.3 Å². The van der Waals surface area contributed by atoms with Gasteiger partial charge in [0.1, 0.15) is 5.75 Å². The van der Waals surface area contributed by atoms with Crippen molar-refractivity contribution in [2.45, 2.75) is 46.0 Å². The second kappa shape index (κ2) is 8.92. The molecule has 1 amide bonds. The van der Waals surface area contributed by atoms with E-state index < -0.39 is 0 Å². The van der Waals surface area contributed by atoms with Gasteiger partial charge in [0.2, 0.25) is 0 Å². The molecule has 0 heterocycles. The lowest BCUT2D eigenvalue weighted by molar-refractivity contribution is -0.123. The molecule has 23 heavy (non-hydrogen) atoms. The van der Waals surface area contributed by atoms with Crippen molar-refractivity contribution < 1.29 is 14.3 Å². The third-order valence-electron chi connectivity index (χ3n) is 4.07. The van der Waals surface area contributed by atoms with Gasteiger partial charge in [0.05, 0.1) is 0 Å². The SMILES string of the molecule is Cc1cc(OCC(=O)NCCCOCC2CC2)ccc1C(C)C. The predicted octanol–water partition coefficient (Wildman–Crippen LogP) is 3.43. The van der Waals surface area contributed by atoms with E-state index >= 15 is 0 Å². The first-order chi connectivity index (χ1) is 11.1. The van der Waals surface area contributed by atoms with Crippen LogP contribution in [0.25, 0.3) is 0 Å². The van der Waals surface area contributed by atoms with Crippen molar-refractivity contribution >= 4 is 5.91 Å². The minimum atomic E-state index is -0.0854. The monoisotopic (exact) mass is 319 g/mol. The number of amides is 1. The molecule has 0 radical (unpaired) electrons. The first kappa shape index (κ1) is 17.8. The number of ether oxygens (including phenoxy) is 2. The van der Waals surface area contributed by atoms with Gasteiger partial charge in [0.15, 0.2) is 6.61 Å². The molecule has 0 aromatic heterocycles. The van der Waals surface area contributed by atoms with Gasteiger partial charge >= 0.3 is 0 Å². The van der Waals surface area contributed by atoms with Crippen LogP contribution in [-0.2, 0) is 9.53 Å². The van der Waals surface area contributed by atoms with E-state index in [1.165, 1.54) is 24.0 Å². The van der Waals surface area contributed by atoms with E-state index in [2.05, 4.69) is 32.2 Å². The number of hydrogen-bond donors (Lipinski definition) is 1. The van der Waals surface area contributed by atoms with Gasteiger partial charge in [-0.2, -0.15) is 0 Å². The van der Waals surface area contributed by atoms with E-state index in [0.717, 1.165) is 24.7 Å². The summed E-state index contributed by atoms with van der Waals surface area (Å²) in [6.07, 6.45) is 3.47. The summed E-state index contributed by atoms with van der Waals surface area (Å²) in [5, 5.41) is 2.86. The summed E-state index contributed by atoms with van der Waals surface area (Å²) in [7, 11) is 0. The molecule has 1 aliphatic rings. The number of aryl methyl sites for hydroxylation is 1. The molecule has 128 valence electrons. The van der Waals surface area contributed by atoms with Crippen molar-refractivity contribution in [1.29, 1.82) is 0 Å². The Kier molecular flexibility index (Phi) is 6.90. The van der Waals surface area contributed by atoms with Gasteiger partial charge in [0.25, 0.3) is 5.91 Å². The Bertz CT molecular complexity index is 509. The molecule has 1 aromatic carbocycles. The van der Waals surface area contributed by atoms with Crippen molar-refractivity contribution in [3.05, 3.63) is 29.3 Å². The van der Waals surface area contributed by atoms with Crippen molar-refractivity contribution in [2.75, 3.05) is 26.4 Å². The number of rotatable bonds is 10. The first-order valence-corrected chi connectivity index (χ1v) is 8.64. The van der Waals surface area contributed by atoms with Crippen LogP contribution < -0.4 is 10.1 Å². The quantitative estimate of drug-likeness (QED) is 0.672. The van der Waals surface area contributed by atoms with Crippen LogP contribution in [0.1, 0.15) is 50.2 Å². The highest BCUT2D eigenvalue weighted by Crippen LogP contribution is 2.28. The Hall–Kier alpha value is -1.55. The van der Waals surface area contributed by atoms with E-state index in [1.54, 1.807) is 0 Å². The summed E-state index contributed by atoms with van der Waals surface area (Å²) in [6, 6.07) is 6.00. The van der Waals surface area contributed by atoms with Gasteiger partial charge in [-0.05, 0) is 61.3 Å². The Balaban J connectivity index is 1.59. The number of carbonyl (C=O) groups excluding carboxylic acids is 1. The second-order valence-electron chi connectivity index (χ2n) is 6.68. The maximum Gasteiger partial charge on any atom is 0.257 e. The molecule has 1 aliphatic carbocycles. The van der Waals surface area contributed by atoms with Gasteiger partial charge in [-0.25, -0.2) is 0 Å². The van der Waals surface area contributed by atoms with E-state index in [-0.39, 0.29) is 12.5 Å². The zero-order valence-corrected chi connectivity index (χ0v) is 14.6. The molecule has 0 unspecified atom stereocenters. The number of hydrogen-bond acceptors (Lipinski definition) is 3.